The van der Waals surface area contributed by atoms with Gasteiger partial charge in [0.25, 0.3) is 0 Å². The molecular weight excluding hydrogens is 168 g/mol. The van der Waals surface area contributed by atoms with Gasteiger partial charge in [0.1, 0.15) is 0 Å². The summed E-state index contributed by atoms with van der Waals surface area (Å²) < 4.78 is -0.750. The third kappa shape index (κ3) is 32.4. The van der Waals surface area contributed by atoms with Crippen LogP contribution in [-0.2, 0) is 0 Å². The van der Waals surface area contributed by atoms with Crippen LogP contribution in [0.25, 0.3) is 0 Å². The van der Waals surface area contributed by atoms with Crippen LogP contribution in [0, 0.1) is 0 Å². The molecule has 0 N–H and O–H groups in total. The Morgan fingerprint density at radius 1 is 1.00 bits per heavy atom. The van der Waals surface area contributed by atoms with Gasteiger partial charge in [-0.05, 0) is 0 Å². The van der Waals surface area contributed by atoms with E-state index in [0.717, 1.165) is 0 Å². The fourth-order valence-corrected chi connectivity index (χ4v) is 0. The van der Waals surface area contributed by atoms with Crippen molar-refractivity contribution in [3.63, 3.8) is 0 Å². The van der Waals surface area contributed by atoms with Gasteiger partial charge in [-0.1, -0.05) is 34.8 Å². The van der Waals surface area contributed by atoms with Gasteiger partial charge in [0.05, 0.1) is 0 Å². The van der Waals surface area contributed by atoms with Crippen molar-refractivity contribution in [2.24, 2.45) is 0 Å². The zero-order chi connectivity index (χ0) is 3.58. The second kappa shape index (κ2) is 10.4. The molecule has 0 fully saturated rings. The summed E-state index contributed by atoms with van der Waals surface area (Å²) in [6, 6.07) is 0. The van der Waals surface area contributed by atoms with Crippen LogP contribution < -0.4 is 0 Å². The summed E-state index contributed by atoms with van der Waals surface area (Å²) in [6.45, 7) is 0. The average molecular weight is 173 g/mol. The molecule has 0 aromatic rings. The molecule has 0 aliphatic heterocycles. The molecule has 0 aliphatic rings. The van der Waals surface area contributed by atoms with Crippen LogP contribution >= 0.6 is 34.8 Å². The quantitative estimate of drug-likeness (QED) is 0.361. The second-order valence-corrected chi connectivity index (χ2v) is 2.23. The minimum absolute atomic E-state index is 0. The number of hydrogen-bond donors (Lipinski definition) is 0. The van der Waals surface area contributed by atoms with Crippen molar-refractivity contribution < 1.29 is 0 Å². The van der Waals surface area contributed by atoms with E-state index < -0.39 is 4.30 Å². The maximum absolute atomic E-state index is 4.81. The summed E-state index contributed by atoms with van der Waals surface area (Å²) in [6.07, 6.45) is 0. The van der Waals surface area contributed by atoms with Crippen LogP contribution in [0.5, 0.6) is 0 Å². The van der Waals surface area contributed by atoms with Gasteiger partial charge in [-0.2, -0.15) is 0 Å². The van der Waals surface area contributed by atoms with E-state index in [0.29, 0.717) is 0 Å². The van der Waals surface area contributed by atoms with Crippen molar-refractivity contribution in [1.82, 2.24) is 0 Å². The first-order valence-corrected chi connectivity index (χ1v) is 1.96. The fourth-order valence-electron chi connectivity index (χ4n) is 0. The third-order valence-corrected chi connectivity index (χ3v) is 0. The monoisotopic (exact) mass is 172 g/mol. The Labute approximate surface area is 84.9 Å². The number of rotatable bonds is 0. The Kier molecular flexibility index (Phi) is 27.3. The molecule has 0 heterocycles. The molecule has 0 unspecified atom stereocenters. The molecule has 0 aromatic heterocycles. The molecule has 0 nitrogen and oxygen atoms in total. The zero-order valence-corrected chi connectivity index (χ0v) is 3.98. The van der Waals surface area contributed by atoms with E-state index in [1.807, 2.05) is 0 Å². The molecular formula is CH5AlCl3Na. The van der Waals surface area contributed by atoms with Gasteiger partial charge < -0.3 is 0 Å². The molecule has 0 aromatic carbocycles. The first-order valence-electron chi connectivity index (χ1n) is 0.655. The minimum atomic E-state index is -0.750. The molecule has 0 amide bonds. The van der Waals surface area contributed by atoms with Crippen LogP contribution in [0.4, 0.5) is 0 Å². The molecule has 5 heteroatoms. The Morgan fingerprint density at radius 2 is 1.00 bits per heavy atom. The van der Waals surface area contributed by atoms with E-state index >= 15 is 0 Å². The Morgan fingerprint density at radius 3 is 1.00 bits per heavy atom. The number of hydrogen-bond acceptors (Lipinski definition) is 0. The Balaban J connectivity index is -0.0000000450. The van der Waals surface area contributed by atoms with E-state index in [2.05, 4.69) is 0 Å². The van der Waals surface area contributed by atoms with Gasteiger partial charge in [0, 0.05) is 0 Å². The standard InChI is InChI=1S/CHCl3.Al.Na.4H/c2-1(3)4;;;;;;/h1H;;;;;;. The van der Waals surface area contributed by atoms with Crippen molar-refractivity contribution in [2.75, 3.05) is 0 Å². The number of alkyl halides is 3. The van der Waals surface area contributed by atoms with Crippen LogP contribution in [0.15, 0.2) is 0 Å². The summed E-state index contributed by atoms with van der Waals surface area (Å²) in [5.41, 5.74) is 0. The predicted octanol–water partition coefficient (Wildman–Crippen LogP) is 0.154. The van der Waals surface area contributed by atoms with Crippen molar-refractivity contribution in [3.8, 4) is 0 Å². The second-order valence-electron chi connectivity index (χ2n) is 0.247. The summed E-state index contributed by atoms with van der Waals surface area (Å²) in [5, 5.41) is 0. The van der Waals surface area contributed by atoms with Crippen LogP contribution in [0.1, 0.15) is 0 Å². The third-order valence-electron chi connectivity index (χ3n) is 0. The van der Waals surface area contributed by atoms with Gasteiger partial charge in [-0.15, -0.1) is 0 Å². The summed E-state index contributed by atoms with van der Waals surface area (Å²) in [5.74, 6) is 0. The Bertz CT molecular complexity index is 15.5. The summed E-state index contributed by atoms with van der Waals surface area (Å²) >= 11 is 14.4. The van der Waals surface area contributed by atoms with E-state index in [1.54, 1.807) is 0 Å². The normalized spacial score (nSPS) is 6.00. The molecule has 0 aliphatic carbocycles. The molecule has 6 heavy (non-hydrogen) atoms. The summed E-state index contributed by atoms with van der Waals surface area (Å²) in [7, 11) is 0. The molecule has 0 saturated carbocycles. The first kappa shape index (κ1) is 15.8. The van der Waals surface area contributed by atoms with E-state index in [4.69, 9.17) is 34.8 Å². The van der Waals surface area contributed by atoms with Crippen LogP contribution in [0.2, 0.25) is 0 Å². The predicted molar refractivity (Wildman–Crippen MR) is 38.4 cm³/mol. The molecule has 0 atom stereocenters. The van der Waals surface area contributed by atoms with Gasteiger partial charge in [0.2, 0.25) is 0 Å². The van der Waals surface area contributed by atoms with Crippen molar-refractivity contribution in [1.29, 1.82) is 0 Å². The SMILES string of the molecule is ClC(Cl)Cl.[AlH3].[NaH]. The average Bonchev–Trinajstić information content (AvgIpc) is 0.811. The summed E-state index contributed by atoms with van der Waals surface area (Å²) in [4.78, 5) is 0. The van der Waals surface area contributed by atoms with Crippen LogP contribution in [0.3, 0.4) is 0 Å². The van der Waals surface area contributed by atoms with E-state index in [-0.39, 0.29) is 46.9 Å². The molecule has 34 valence electrons. The molecule has 0 rings (SSSR count). The fraction of sp³-hybridized carbons (Fsp3) is 1.00. The molecule has 0 spiro atoms. The number of halogens is 3. The van der Waals surface area contributed by atoms with E-state index in [1.165, 1.54) is 0 Å². The molecule has 0 saturated heterocycles. The van der Waals surface area contributed by atoms with Gasteiger partial charge in [-0.3, -0.25) is 0 Å². The Hall–Kier alpha value is 2.40. The van der Waals surface area contributed by atoms with Crippen molar-refractivity contribution >= 4 is 81.7 Å². The zero-order valence-electron chi connectivity index (χ0n) is 1.71. The molecule has 0 radical (unpaired) electrons. The van der Waals surface area contributed by atoms with Crippen molar-refractivity contribution in [2.45, 2.75) is 4.30 Å². The van der Waals surface area contributed by atoms with E-state index in [9.17, 15) is 0 Å². The van der Waals surface area contributed by atoms with Gasteiger partial charge in [-0.25, -0.2) is 0 Å². The first-order chi connectivity index (χ1) is 1.73. The maximum atomic E-state index is 4.81. The van der Waals surface area contributed by atoms with Gasteiger partial charge >= 0.3 is 29.6 Å². The molecule has 0 bridgehead atoms. The van der Waals surface area contributed by atoms with Crippen LogP contribution in [-0.4, -0.2) is 51.2 Å². The topological polar surface area (TPSA) is 0 Å². The van der Waals surface area contributed by atoms with Crippen molar-refractivity contribution in [3.05, 3.63) is 0 Å². The van der Waals surface area contributed by atoms with Gasteiger partial charge in [0.15, 0.2) is 21.7 Å².